The minimum absolute atomic E-state index is 0.0302. The molecular weight excluding hydrogens is 465 g/mol. The molecule has 1 unspecified atom stereocenters. The molecule has 2 atom stereocenters. The van der Waals surface area contributed by atoms with Crippen LogP contribution in [-0.2, 0) is 12.7 Å². The van der Waals surface area contributed by atoms with Crippen LogP contribution in [0.4, 0.5) is 13.2 Å². The summed E-state index contributed by atoms with van der Waals surface area (Å²) in [6.07, 6.45) is 3.72. The highest BCUT2D eigenvalue weighted by Crippen LogP contribution is 2.38. The van der Waals surface area contributed by atoms with Gasteiger partial charge in [0.15, 0.2) is 0 Å². The summed E-state index contributed by atoms with van der Waals surface area (Å²) < 4.78 is 42.3. The van der Waals surface area contributed by atoms with Crippen molar-refractivity contribution in [2.45, 2.75) is 89.6 Å². The van der Waals surface area contributed by atoms with Crippen LogP contribution in [0.2, 0.25) is 5.02 Å². The predicted molar refractivity (Wildman–Crippen MR) is 127 cm³/mol. The fourth-order valence-electron chi connectivity index (χ4n) is 5.38. The summed E-state index contributed by atoms with van der Waals surface area (Å²) in [5, 5.41) is 13.9. The molecule has 4 rings (SSSR count). The Morgan fingerprint density at radius 3 is 2.44 bits per heavy atom. The molecule has 4 nitrogen and oxygen atoms in total. The van der Waals surface area contributed by atoms with E-state index in [2.05, 4.69) is 5.32 Å². The first-order valence-electron chi connectivity index (χ1n) is 12.2. The second-order valence-corrected chi connectivity index (χ2v) is 10.2. The maximum atomic E-state index is 13.5. The molecule has 2 aliphatic carbocycles. The summed E-state index contributed by atoms with van der Waals surface area (Å²) in [4.78, 5) is 13.2. The van der Waals surface area contributed by atoms with Crippen LogP contribution in [0.3, 0.4) is 0 Å². The van der Waals surface area contributed by atoms with Crippen molar-refractivity contribution in [1.82, 2.24) is 9.88 Å². The largest absolute Gasteiger partial charge is 0.416 e. The highest BCUT2D eigenvalue weighted by Gasteiger charge is 2.32. The van der Waals surface area contributed by atoms with Crippen LogP contribution in [0.5, 0.6) is 0 Å². The summed E-state index contributed by atoms with van der Waals surface area (Å²) in [6, 6.07) is 5.04. The Labute approximate surface area is 203 Å². The third-order valence-electron chi connectivity index (χ3n) is 7.41. The molecule has 0 aliphatic heterocycles. The molecule has 186 valence electrons. The van der Waals surface area contributed by atoms with Gasteiger partial charge in [0.2, 0.25) is 0 Å². The lowest BCUT2D eigenvalue weighted by atomic mass is 9.86. The van der Waals surface area contributed by atoms with E-state index in [-0.39, 0.29) is 28.5 Å². The lowest BCUT2D eigenvalue weighted by Crippen LogP contribution is -2.36. The van der Waals surface area contributed by atoms with Crippen LogP contribution in [0, 0.1) is 12.8 Å². The Kier molecular flexibility index (Phi) is 7.63. The summed E-state index contributed by atoms with van der Waals surface area (Å²) in [5.74, 6) is -0.242. The highest BCUT2D eigenvalue weighted by molar-refractivity contribution is 6.33. The van der Waals surface area contributed by atoms with Gasteiger partial charge < -0.3 is 15.0 Å². The van der Waals surface area contributed by atoms with Crippen molar-refractivity contribution in [1.29, 1.82) is 0 Å². The third kappa shape index (κ3) is 5.46. The van der Waals surface area contributed by atoms with Crippen molar-refractivity contribution >= 4 is 17.5 Å². The number of benzene rings is 1. The fourth-order valence-corrected chi connectivity index (χ4v) is 5.59. The van der Waals surface area contributed by atoms with Crippen molar-refractivity contribution in [2.24, 2.45) is 5.92 Å². The zero-order valence-electron chi connectivity index (χ0n) is 19.4. The number of halogens is 4. The van der Waals surface area contributed by atoms with Crippen molar-refractivity contribution in [3.8, 4) is 11.3 Å². The Bertz CT molecular complexity index is 1030. The molecule has 1 heterocycles. The Morgan fingerprint density at radius 2 is 1.76 bits per heavy atom. The molecule has 2 N–H and O–H groups in total. The van der Waals surface area contributed by atoms with E-state index in [0.29, 0.717) is 29.9 Å². The van der Waals surface area contributed by atoms with E-state index in [1.165, 1.54) is 12.5 Å². The van der Waals surface area contributed by atoms with E-state index in [4.69, 9.17) is 11.6 Å². The molecule has 2 fully saturated rings. The number of hydrogen-bond donors (Lipinski definition) is 2. The second kappa shape index (κ2) is 10.3. The highest BCUT2D eigenvalue weighted by atomic mass is 35.5. The number of aliphatic hydroxyl groups is 1. The molecule has 0 radical (unpaired) electrons. The van der Waals surface area contributed by atoms with Gasteiger partial charge in [0.05, 0.1) is 22.9 Å². The first kappa shape index (κ1) is 25.1. The van der Waals surface area contributed by atoms with Crippen LogP contribution >= 0.6 is 11.6 Å². The minimum atomic E-state index is -4.51. The number of aromatic nitrogens is 1. The number of aliphatic hydroxyl groups excluding tert-OH is 1. The average Bonchev–Trinajstić information content (AvgIpc) is 3.11. The number of hydrogen-bond acceptors (Lipinski definition) is 2. The number of nitrogens with one attached hydrogen (secondary N) is 1. The average molecular weight is 497 g/mol. The van der Waals surface area contributed by atoms with E-state index in [1.807, 2.05) is 11.5 Å². The van der Waals surface area contributed by atoms with Gasteiger partial charge >= 0.3 is 6.18 Å². The quantitative estimate of drug-likeness (QED) is 0.481. The number of carbonyl (C=O) groups excluding carboxylic acids is 1. The first-order valence-corrected chi connectivity index (χ1v) is 12.6. The molecule has 2 aromatic rings. The minimum Gasteiger partial charge on any atom is -0.393 e. The van der Waals surface area contributed by atoms with E-state index < -0.39 is 17.8 Å². The molecular formula is C26H32ClF3N2O2. The van der Waals surface area contributed by atoms with E-state index >= 15 is 0 Å². The predicted octanol–water partition coefficient (Wildman–Crippen LogP) is 6.75. The molecule has 8 heteroatoms. The van der Waals surface area contributed by atoms with Gasteiger partial charge in [-0.05, 0) is 56.9 Å². The molecule has 1 aromatic heterocycles. The van der Waals surface area contributed by atoms with E-state index in [9.17, 15) is 23.1 Å². The monoisotopic (exact) mass is 496 g/mol. The molecule has 1 amide bonds. The summed E-state index contributed by atoms with van der Waals surface area (Å²) in [6.45, 7) is 2.24. The van der Waals surface area contributed by atoms with Gasteiger partial charge in [-0.3, -0.25) is 4.79 Å². The van der Waals surface area contributed by atoms with Gasteiger partial charge in [0.1, 0.15) is 0 Å². The van der Waals surface area contributed by atoms with Crippen LogP contribution < -0.4 is 5.32 Å². The maximum absolute atomic E-state index is 13.5. The van der Waals surface area contributed by atoms with Crippen molar-refractivity contribution in [3.05, 3.63) is 46.1 Å². The van der Waals surface area contributed by atoms with Crippen LogP contribution in [0.15, 0.2) is 24.3 Å². The molecule has 34 heavy (non-hydrogen) atoms. The summed E-state index contributed by atoms with van der Waals surface area (Å²) >= 11 is 6.39. The topological polar surface area (TPSA) is 54.3 Å². The number of alkyl halides is 3. The number of rotatable bonds is 5. The zero-order valence-corrected chi connectivity index (χ0v) is 20.2. The number of nitrogens with zero attached hydrogens (tertiary/aromatic N) is 1. The van der Waals surface area contributed by atoms with Gasteiger partial charge in [-0.1, -0.05) is 43.7 Å². The summed E-state index contributed by atoms with van der Waals surface area (Å²) in [5.41, 5.74) is 1.04. The molecule has 0 spiro atoms. The standard InChI is InChI=1S/C26H32ClF3N2O2/c1-16-20(25(34)31-19-8-3-2-4-9-19)14-23(32(16)15-17-7-5-6-10-24(17)33)21-13-18(26(28,29)30)11-12-22(21)27/h11-14,17,19,24,33H,2-10,15H2,1H3,(H,31,34)/t17-,24?/m0/s1. The third-order valence-corrected chi connectivity index (χ3v) is 7.74. The zero-order chi connectivity index (χ0) is 24.5. The van der Waals surface area contributed by atoms with Crippen LogP contribution in [-0.4, -0.2) is 27.7 Å². The lowest BCUT2D eigenvalue weighted by Gasteiger charge is -2.29. The lowest BCUT2D eigenvalue weighted by molar-refractivity contribution is -0.137. The van der Waals surface area contributed by atoms with E-state index in [0.717, 1.165) is 57.1 Å². The first-order chi connectivity index (χ1) is 16.1. The van der Waals surface area contributed by atoms with Gasteiger partial charge in [-0.2, -0.15) is 13.2 Å². The van der Waals surface area contributed by atoms with Crippen molar-refractivity contribution in [3.63, 3.8) is 0 Å². The van der Waals surface area contributed by atoms with Crippen molar-refractivity contribution in [2.75, 3.05) is 0 Å². The Hall–Kier alpha value is -1.99. The number of amides is 1. The maximum Gasteiger partial charge on any atom is 0.416 e. The second-order valence-electron chi connectivity index (χ2n) is 9.75. The van der Waals surface area contributed by atoms with Gasteiger partial charge in [0.25, 0.3) is 5.91 Å². The van der Waals surface area contributed by atoms with Gasteiger partial charge in [0, 0.05) is 34.8 Å². The van der Waals surface area contributed by atoms with Gasteiger partial charge in [-0.15, -0.1) is 0 Å². The molecule has 2 saturated carbocycles. The van der Waals surface area contributed by atoms with Crippen LogP contribution in [0.25, 0.3) is 11.3 Å². The van der Waals surface area contributed by atoms with Gasteiger partial charge in [-0.25, -0.2) is 0 Å². The van der Waals surface area contributed by atoms with Crippen molar-refractivity contribution < 1.29 is 23.1 Å². The molecule has 0 saturated heterocycles. The summed E-state index contributed by atoms with van der Waals surface area (Å²) in [7, 11) is 0. The fraction of sp³-hybridized carbons (Fsp3) is 0.577. The molecule has 1 aromatic carbocycles. The molecule has 2 aliphatic rings. The molecule has 0 bridgehead atoms. The smallest absolute Gasteiger partial charge is 0.393 e. The Balaban J connectivity index is 1.75. The van der Waals surface area contributed by atoms with E-state index in [1.54, 1.807) is 6.07 Å². The number of carbonyl (C=O) groups is 1. The Morgan fingerprint density at radius 1 is 1.09 bits per heavy atom. The SMILES string of the molecule is Cc1c(C(=O)NC2CCCCC2)cc(-c2cc(C(F)(F)F)ccc2Cl)n1C[C@@H]1CCCCC1O. The normalized spacial score (nSPS) is 22.1. The van der Waals surface area contributed by atoms with Crippen LogP contribution in [0.1, 0.15) is 79.4 Å².